The zero-order valence-electron chi connectivity index (χ0n) is 9.54. The van der Waals surface area contributed by atoms with Crippen LogP contribution in [0, 0.1) is 0 Å². The van der Waals surface area contributed by atoms with Crippen molar-refractivity contribution in [2.75, 3.05) is 11.9 Å². The summed E-state index contributed by atoms with van der Waals surface area (Å²) in [5.74, 6) is 0.441. The zero-order valence-corrected chi connectivity index (χ0v) is 11.1. The molecular weight excluding hydrogens is 327 g/mol. The molecule has 1 heterocycles. The van der Waals surface area contributed by atoms with Crippen LogP contribution >= 0.6 is 15.9 Å². The van der Waals surface area contributed by atoms with Crippen molar-refractivity contribution in [2.45, 2.75) is 12.6 Å². The van der Waals surface area contributed by atoms with Gasteiger partial charge in [0.15, 0.2) is 5.82 Å². The minimum atomic E-state index is -4.39. The van der Waals surface area contributed by atoms with Gasteiger partial charge in [0.1, 0.15) is 0 Å². The summed E-state index contributed by atoms with van der Waals surface area (Å²) in [6, 6.07) is 3.77. The Hall–Kier alpha value is -1.57. The quantitative estimate of drug-likeness (QED) is 0.928. The third kappa shape index (κ3) is 3.69. The molecule has 1 aromatic heterocycles. The Bertz CT molecular complexity index is 543. The molecule has 0 fully saturated rings. The topological polar surface area (TPSA) is 51.0 Å². The average molecular weight is 336 g/mol. The second-order valence-electron chi connectivity index (χ2n) is 3.71. The molecular formula is C11H9BrF3N3O. The van der Waals surface area contributed by atoms with Crippen LogP contribution in [0.15, 0.2) is 33.6 Å². The lowest BCUT2D eigenvalue weighted by Crippen LogP contribution is -2.13. The maximum atomic E-state index is 12.8. The van der Waals surface area contributed by atoms with Crippen molar-refractivity contribution in [1.82, 2.24) is 10.1 Å². The summed E-state index contributed by atoms with van der Waals surface area (Å²) in [7, 11) is 0. The van der Waals surface area contributed by atoms with Crippen LogP contribution in [-0.2, 0) is 12.6 Å². The number of nitrogens with one attached hydrogen (secondary N) is 1. The minimum absolute atomic E-state index is 0.0189. The van der Waals surface area contributed by atoms with Crippen LogP contribution in [0.3, 0.4) is 0 Å². The fraction of sp³-hybridized carbons (Fsp3) is 0.273. The number of halogens is 4. The molecule has 19 heavy (non-hydrogen) atoms. The number of alkyl halides is 3. The van der Waals surface area contributed by atoms with Crippen molar-refractivity contribution in [1.29, 1.82) is 0 Å². The highest BCUT2D eigenvalue weighted by molar-refractivity contribution is 9.10. The van der Waals surface area contributed by atoms with Gasteiger partial charge < -0.3 is 9.84 Å². The van der Waals surface area contributed by atoms with Crippen LogP contribution < -0.4 is 5.32 Å². The Morgan fingerprint density at radius 1 is 1.32 bits per heavy atom. The highest BCUT2D eigenvalue weighted by Gasteiger charge is 2.33. The minimum Gasteiger partial charge on any atom is -0.384 e. The molecule has 0 aliphatic carbocycles. The van der Waals surface area contributed by atoms with Gasteiger partial charge in [0.25, 0.3) is 0 Å². The van der Waals surface area contributed by atoms with Gasteiger partial charge in [-0.05, 0) is 18.2 Å². The van der Waals surface area contributed by atoms with Crippen molar-refractivity contribution in [3.63, 3.8) is 0 Å². The SMILES string of the molecule is FC(F)(F)c1ccc(Br)cc1NCCc1ncon1. The summed E-state index contributed by atoms with van der Waals surface area (Å²) in [6.07, 6.45) is -2.84. The summed E-state index contributed by atoms with van der Waals surface area (Å²) in [5, 5.41) is 6.31. The predicted molar refractivity (Wildman–Crippen MR) is 65.6 cm³/mol. The van der Waals surface area contributed by atoms with Crippen LogP contribution in [-0.4, -0.2) is 16.7 Å². The molecule has 1 aromatic carbocycles. The molecule has 0 saturated heterocycles. The van der Waals surface area contributed by atoms with Gasteiger partial charge in [0.05, 0.1) is 5.56 Å². The lowest BCUT2D eigenvalue weighted by Gasteiger charge is -2.14. The molecule has 0 saturated carbocycles. The first kappa shape index (κ1) is 13.9. The number of benzene rings is 1. The van der Waals surface area contributed by atoms with E-state index in [4.69, 9.17) is 0 Å². The van der Waals surface area contributed by atoms with Gasteiger partial charge in [-0.3, -0.25) is 0 Å². The number of nitrogens with zero attached hydrogens (tertiary/aromatic N) is 2. The smallest absolute Gasteiger partial charge is 0.384 e. The fourth-order valence-electron chi connectivity index (χ4n) is 1.52. The summed E-state index contributed by atoms with van der Waals surface area (Å²) < 4.78 is 43.5. The summed E-state index contributed by atoms with van der Waals surface area (Å²) >= 11 is 3.15. The molecule has 0 bridgehead atoms. The number of hydrogen-bond donors (Lipinski definition) is 1. The molecule has 4 nitrogen and oxygen atoms in total. The van der Waals surface area contributed by atoms with Gasteiger partial charge in [-0.25, -0.2) is 0 Å². The van der Waals surface area contributed by atoms with E-state index in [0.29, 0.717) is 16.7 Å². The van der Waals surface area contributed by atoms with Crippen molar-refractivity contribution in [3.05, 3.63) is 40.5 Å². The molecule has 2 aromatic rings. The van der Waals surface area contributed by atoms with E-state index in [1.165, 1.54) is 18.5 Å². The van der Waals surface area contributed by atoms with Gasteiger partial charge in [0.2, 0.25) is 6.39 Å². The second kappa shape index (κ2) is 5.60. The number of aromatic nitrogens is 2. The largest absolute Gasteiger partial charge is 0.418 e. The standard InChI is InChI=1S/C11H9BrF3N3O/c12-7-1-2-8(11(13,14)15)9(5-7)16-4-3-10-17-6-19-18-10/h1-2,5-6,16H,3-4H2. The van der Waals surface area contributed by atoms with Gasteiger partial charge in [-0.15, -0.1) is 0 Å². The van der Waals surface area contributed by atoms with Crippen LogP contribution in [0.5, 0.6) is 0 Å². The maximum Gasteiger partial charge on any atom is 0.418 e. The molecule has 0 spiro atoms. The van der Waals surface area contributed by atoms with Gasteiger partial charge in [-0.2, -0.15) is 18.2 Å². The molecule has 0 unspecified atom stereocenters. The normalized spacial score (nSPS) is 11.6. The molecule has 8 heteroatoms. The number of rotatable bonds is 4. The van der Waals surface area contributed by atoms with Crippen LogP contribution in [0.2, 0.25) is 0 Å². The Morgan fingerprint density at radius 2 is 2.11 bits per heavy atom. The molecule has 0 atom stereocenters. The lowest BCUT2D eigenvalue weighted by atomic mass is 10.1. The first-order chi connectivity index (χ1) is 8.97. The average Bonchev–Trinajstić information content (AvgIpc) is 2.80. The summed E-state index contributed by atoms with van der Waals surface area (Å²) in [4.78, 5) is 3.79. The van der Waals surface area contributed by atoms with Crippen molar-refractivity contribution >= 4 is 21.6 Å². The summed E-state index contributed by atoms with van der Waals surface area (Å²) in [6.45, 7) is 0.277. The summed E-state index contributed by atoms with van der Waals surface area (Å²) in [5.41, 5.74) is -0.686. The first-order valence-corrected chi connectivity index (χ1v) is 6.12. The molecule has 1 N–H and O–H groups in total. The van der Waals surface area contributed by atoms with Crippen molar-refractivity contribution < 1.29 is 17.7 Å². The van der Waals surface area contributed by atoms with Gasteiger partial charge >= 0.3 is 6.18 Å². The van der Waals surface area contributed by atoms with E-state index in [2.05, 4.69) is 35.9 Å². The second-order valence-corrected chi connectivity index (χ2v) is 4.63. The van der Waals surface area contributed by atoms with E-state index in [-0.39, 0.29) is 12.2 Å². The van der Waals surface area contributed by atoms with E-state index < -0.39 is 11.7 Å². The molecule has 0 radical (unpaired) electrons. The first-order valence-electron chi connectivity index (χ1n) is 5.32. The lowest BCUT2D eigenvalue weighted by molar-refractivity contribution is -0.136. The molecule has 0 aliphatic heterocycles. The third-order valence-electron chi connectivity index (χ3n) is 2.36. The van der Waals surface area contributed by atoms with E-state index in [0.717, 1.165) is 6.07 Å². The van der Waals surface area contributed by atoms with E-state index in [9.17, 15) is 13.2 Å². The Labute approximate surface area is 115 Å². The van der Waals surface area contributed by atoms with Gasteiger partial charge in [0, 0.05) is 23.1 Å². The van der Waals surface area contributed by atoms with Crippen LogP contribution in [0.1, 0.15) is 11.4 Å². The maximum absolute atomic E-state index is 12.8. The molecule has 2 rings (SSSR count). The predicted octanol–water partition coefficient (Wildman–Crippen LogP) is 3.51. The van der Waals surface area contributed by atoms with E-state index in [1.54, 1.807) is 0 Å². The molecule has 0 amide bonds. The highest BCUT2D eigenvalue weighted by atomic mass is 79.9. The molecule has 102 valence electrons. The third-order valence-corrected chi connectivity index (χ3v) is 2.85. The molecule has 0 aliphatic rings. The van der Waals surface area contributed by atoms with Crippen molar-refractivity contribution in [2.24, 2.45) is 0 Å². The van der Waals surface area contributed by atoms with Crippen molar-refractivity contribution in [3.8, 4) is 0 Å². The zero-order chi connectivity index (χ0) is 13.9. The van der Waals surface area contributed by atoms with E-state index >= 15 is 0 Å². The van der Waals surface area contributed by atoms with E-state index in [1.807, 2.05) is 0 Å². The fourth-order valence-corrected chi connectivity index (χ4v) is 1.88. The van der Waals surface area contributed by atoms with Crippen LogP contribution in [0.4, 0.5) is 18.9 Å². The Kier molecular flexibility index (Phi) is 4.08. The highest BCUT2D eigenvalue weighted by Crippen LogP contribution is 2.36. The Morgan fingerprint density at radius 3 is 2.74 bits per heavy atom. The Balaban J connectivity index is 2.08. The number of anilines is 1. The number of hydrogen-bond acceptors (Lipinski definition) is 4. The van der Waals surface area contributed by atoms with Gasteiger partial charge in [-0.1, -0.05) is 21.1 Å². The van der Waals surface area contributed by atoms with Crippen LogP contribution in [0.25, 0.3) is 0 Å². The monoisotopic (exact) mass is 335 g/mol.